The van der Waals surface area contributed by atoms with Crippen molar-refractivity contribution in [3.05, 3.63) is 76.1 Å². The molecule has 0 unspecified atom stereocenters. The first-order valence-corrected chi connectivity index (χ1v) is 8.04. The van der Waals surface area contributed by atoms with Crippen LogP contribution in [0.1, 0.15) is 23.9 Å². The van der Waals surface area contributed by atoms with E-state index in [1.54, 1.807) is 6.07 Å². The van der Waals surface area contributed by atoms with E-state index >= 15 is 0 Å². The number of nitrogens with zero attached hydrogens (tertiary/aromatic N) is 3. The summed E-state index contributed by atoms with van der Waals surface area (Å²) in [7, 11) is 0. The number of aromatic amines is 1. The van der Waals surface area contributed by atoms with Crippen molar-refractivity contribution in [2.75, 3.05) is 0 Å². The van der Waals surface area contributed by atoms with Crippen molar-refractivity contribution in [2.45, 2.75) is 19.7 Å². The Morgan fingerprint density at radius 3 is 2.75 bits per heavy atom. The van der Waals surface area contributed by atoms with Crippen LogP contribution in [-0.4, -0.2) is 21.6 Å². The van der Waals surface area contributed by atoms with Gasteiger partial charge in [-0.15, -0.1) is 5.10 Å². The Balaban J connectivity index is 2.24. The van der Waals surface area contributed by atoms with E-state index in [2.05, 4.69) is 22.0 Å². The van der Waals surface area contributed by atoms with Crippen LogP contribution in [0.25, 0.3) is 5.57 Å². The van der Waals surface area contributed by atoms with E-state index in [4.69, 9.17) is 21.6 Å². The third kappa shape index (κ3) is 5.20. The summed E-state index contributed by atoms with van der Waals surface area (Å²) in [6.07, 6.45) is -3.28. The van der Waals surface area contributed by atoms with E-state index in [-0.39, 0.29) is 39.9 Å². The molecule has 0 spiro atoms. The number of halogens is 5. The van der Waals surface area contributed by atoms with Crippen LogP contribution in [-0.2, 0) is 11.3 Å². The van der Waals surface area contributed by atoms with Gasteiger partial charge in [0.05, 0.1) is 16.4 Å². The van der Waals surface area contributed by atoms with Crippen molar-refractivity contribution in [1.82, 2.24) is 15.4 Å². The van der Waals surface area contributed by atoms with Gasteiger partial charge in [0.1, 0.15) is 24.2 Å². The normalized spacial score (nSPS) is 12.6. The summed E-state index contributed by atoms with van der Waals surface area (Å²) in [6.45, 7) is 4.49. The third-order valence-electron chi connectivity index (χ3n) is 3.47. The van der Waals surface area contributed by atoms with Crippen LogP contribution in [0.4, 0.5) is 17.6 Å². The van der Waals surface area contributed by atoms with Gasteiger partial charge in [-0.25, -0.2) is 9.49 Å². The van der Waals surface area contributed by atoms with Crippen LogP contribution < -0.4 is 0 Å². The van der Waals surface area contributed by atoms with Crippen LogP contribution in [0.5, 0.6) is 0 Å². The van der Waals surface area contributed by atoms with Crippen LogP contribution in [0.2, 0.25) is 5.02 Å². The molecule has 0 aliphatic carbocycles. The number of allylic oxidation sites excluding steroid dienone is 5. The molecular formula is C18H13ClF4N4O. The van der Waals surface area contributed by atoms with Gasteiger partial charge in [0, 0.05) is 5.56 Å². The van der Waals surface area contributed by atoms with Crippen molar-refractivity contribution in [1.29, 1.82) is 5.26 Å². The summed E-state index contributed by atoms with van der Waals surface area (Å²) in [4.78, 5) is 0. The van der Waals surface area contributed by atoms with E-state index in [1.165, 1.54) is 25.1 Å². The van der Waals surface area contributed by atoms with Crippen molar-refractivity contribution in [3.8, 4) is 6.07 Å². The van der Waals surface area contributed by atoms with E-state index in [1.807, 2.05) is 0 Å². The Morgan fingerprint density at radius 1 is 1.39 bits per heavy atom. The van der Waals surface area contributed by atoms with Crippen LogP contribution in [0, 0.1) is 17.1 Å². The Labute approximate surface area is 162 Å². The minimum atomic E-state index is -4.73. The second-order valence-corrected chi connectivity index (χ2v) is 5.93. The summed E-state index contributed by atoms with van der Waals surface area (Å²) >= 11 is 5.65. The van der Waals surface area contributed by atoms with Crippen molar-refractivity contribution in [2.24, 2.45) is 0 Å². The molecule has 28 heavy (non-hydrogen) atoms. The molecule has 0 aliphatic rings. The lowest BCUT2D eigenvalue weighted by atomic mass is 10.1. The number of ether oxygens (including phenoxy) is 1. The standard InChI is InChI=1S/C18H13ClF4N4O/c1-10(17-15(8-24)25-27-26-17)6-13(18(21,22)23)7-11(2)28-9-12-4-3-5-14(19)16(12)20/h3-7H,1,9H2,2H3,(H,25,26,27)/b11-7+,13-6+. The van der Waals surface area contributed by atoms with Gasteiger partial charge in [0.25, 0.3) is 0 Å². The number of alkyl halides is 3. The minimum Gasteiger partial charge on any atom is -0.493 e. The van der Waals surface area contributed by atoms with E-state index in [0.29, 0.717) is 6.08 Å². The molecule has 1 N–H and O–H groups in total. The number of benzene rings is 1. The lowest BCUT2D eigenvalue weighted by Gasteiger charge is -2.12. The molecule has 0 amide bonds. The van der Waals surface area contributed by atoms with Crippen LogP contribution in [0.3, 0.4) is 0 Å². The summed E-state index contributed by atoms with van der Waals surface area (Å²) in [5.41, 5.74) is -1.37. The molecule has 0 radical (unpaired) electrons. The number of rotatable bonds is 6. The maximum absolute atomic E-state index is 13.8. The molecular weight excluding hydrogens is 400 g/mol. The number of hydrogen-bond acceptors (Lipinski definition) is 4. The molecule has 0 fully saturated rings. The first kappa shape index (κ1) is 21.2. The van der Waals surface area contributed by atoms with Gasteiger partial charge in [-0.3, -0.25) is 0 Å². The Hall–Kier alpha value is -3.12. The lowest BCUT2D eigenvalue weighted by molar-refractivity contribution is -0.0884. The SMILES string of the molecule is C=C(/C=C(\C=C(/C)OCc1cccc(Cl)c1F)C(F)(F)F)c1nn[nH]c1C#N. The lowest BCUT2D eigenvalue weighted by Crippen LogP contribution is -2.11. The van der Waals surface area contributed by atoms with Gasteiger partial charge in [-0.1, -0.05) is 35.5 Å². The minimum absolute atomic E-state index is 0.0998. The Bertz CT molecular complexity index is 986. The first-order chi connectivity index (χ1) is 13.1. The van der Waals surface area contributed by atoms with Crippen molar-refractivity contribution >= 4 is 17.2 Å². The number of H-pyrrole nitrogens is 1. The molecule has 146 valence electrons. The zero-order chi connectivity index (χ0) is 20.9. The molecule has 2 aromatic rings. The molecule has 1 heterocycles. The average molecular weight is 413 g/mol. The molecule has 1 aromatic heterocycles. The van der Waals surface area contributed by atoms with E-state index in [0.717, 1.165) is 6.08 Å². The Morgan fingerprint density at radius 2 is 2.11 bits per heavy atom. The maximum atomic E-state index is 13.8. The molecule has 5 nitrogen and oxygen atoms in total. The third-order valence-corrected chi connectivity index (χ3v) is 3.76. The smallest absolute Gasteiger partial charge is 0.416 e. The molecule has 10 heteroatoms. The van der Waals surface area contributed by atoms with Gasteiger partial charge < -0.3 is 4.74 Å². The zero-order valence-electron chi connectivity index (χ0n) is 14.4. The number of hydrogen-bond donors (Lipinski definition) is 1. The average Bonchev–Trinajstić information content (AvgIpc) is 3.10. The second kappa shape index (κ2) is 8.71. The largest absolute Gasteiger partial charge is 0.493 e. The highest BCUT2D eigenvalue weighted by Gasteiger charge is 2.33. The summed E-state index contributed by atoms with van der Waals surface area (Å²) in [5, 5.41) is 18.0. The summed E-state index contributed by atoms with van der Waals surface area (Å²) in [5.74, 6) is -0.816. The molecule has 0 bridgehead atoms. The zero-order valence-corrected chi connectivity index (χ0v) is 15.2. The number of nitriles is 1. The number of nitrogens with one attached hydrogen (secondary N) is 1. The first-order valence-electron chi connectivity index (χ1n) is 7.66. The molecule has 0 atom stereocenters. The maximum Gasteiger partial charge on any atom is 0.416 e. The molecule has 0 saturated carbocycles. The topological polar surface area (TPSA) is 74.6 Å². The highest BCUT2D eigenvalue weighted by Crippen LogP contribution is 2.30. The van der Waals surface area contributed by atoms with Gasteiger partial charge in [0.15, 0.2) is 5.69 Å². The van der Waals surface area contributed by atoms with Gasteiger partial charge in [0.2, 0.25) is 0 Å². The van der Waals surface area contributed by atoms with Gasteiger partial charge >= 0.3 is 6.18 Å². The monoisotopic (exact) mass is 412 g/mol. The fourth-order valence-corrected chi connectivity index (χ4v) is 2.30. The van der Waals surface area contributed by atoms with Gasteiger partial charge in [-0.2, -0.15) is 18.4 Å². The van der Waals surface area contributed by atoms with E-state index in [9.17, 15) is 17.6 Å². The van der Waals surface area contributed by atoms with Crippen LogP contribution in [0.15, 0.2) is 48.3 Å². The quantitative estimate of drug-likeness (QED) is 0.407. The highest BCUT2D eigenvalue weighted by atomic mass is 35.5. The van der Waals surface area contributed by atoms with Crippen LogP contribution >= 0.6 is 11.6 Å². The molecule has 1 aromatic carbocycles. The number of aromatic nitrogens is 3. The fourth-order valence-electron chi connectivity index (χ4n) is 2.10. The van der Waals surface area contributed by atoms with Crippen molar-refractivity contribution < 1.29 is 22.3 Å². The molecule has 0 aliphatic heterocycles. The Kier molecular flexibility index (Phi) is 6.59. The van der Waals surface area contributed by atoms with Gasteiger partial charge in [-0.05, 0) is 30.7 Å². The predicted molar refractivity (Wildman–Crippen MR) is 94.2 cm³/mol. The second-order valence-electron chi connectivity index (χ2n) is 5.53. The summed E-state index contributed by atoms with van der Waals surface area (Å²) in [6, 6.07) is 5.97. The van der Waals surface area contributed by atoms with E-state index < -0.39 is 17.6 Å². The predicted octanol–water partition coefficient (Wildman–Crippen LogP) is 5.09. The van der Waals surface area contributed by atoms with Crippen molar-refractivity contribution in [3.63, 3.8) is 0 Å². The molecule has 2 rings (SSSR count). The summed E-state index contributed by atoms with van der Waals surface area (Å²) < 4.78 is 59.1. The highest BCUT2D eigenvalue weighted by molar-refractivity contribution is 6.30. The molecule has 0 saturated heterocycles. The fraction of sp³-hybridized carbons (Fsp3) is 0.167.